The van der Waals surface area contributed by atoms with Crippen molar-refractivity contribution in [2.24, 2.45) is 0 Å². The van der Waals surface area contributed by atoms with E-state index in [1.54, 1.807) is 0 Å². The lowest BCUT2D eigenvalue weighted by atomic mass is 10.1. The number of nitrogens with one attached hydrogen (secondary N) is 1. The average Bonchev–Trinajstić information content (AvgIpc) is 2.31. The quantitative estimate of drug-likeness (QED) is 0.808. The highest BCUT2D eigenvalue weighted by Gasteiger charge is 2.14. The molecule has 1 saturated heterocycles. The van der Waals surface area contributed by atoms with Crippen molar-refractivity contribution < 1.29 is 0 Å². The van der Waals surface area contributed by atoms with E-state index in [2.05, 4.69) is 47.6 Å². The maximum atomic E-state index is 3.67. The van der Waals surface area contributed by atoms with E-state index in [-0.39, 0.29) is 0 Å². The first-order chi connectivity index (χ1) is 7.40. The minimum absolute atomic E-state index is 0.680. The molecule has 1 aromatic carbocycles. The Balaban J connectivity index is 2.02. The molecule has 1 nitrogen and oxygen atoms in total. The van der Waals surface area contributed by atoms with Gasteiger partial charge < -0.3 is 5.32 Å². The summed E-state index contributed by atoms with van der Waals surface area (Å²) in [4.78, 5) is 1.36. The van der Waals surface area contributed by atoms with Crippen LogP contribution in [0.1, 0.15) is 12.8 Å². The molecule has 1 fully saturated rings. The molecule has 0 bridgehead atoms. The monoisotopic (exact) mass is 239 g/mol. The lowest BCUT2D eigenvalue weighted by molar-refractivity contribution is 0.665. The van der Waals surface area contributed by atoms with Crippen LogP contribution >= 0.6 is 23.5 Å². The molecule has 82 valence electrons. The molecule has 15 heavy (non-hydrogen) atoms. The van der Waals surface area contributed by atoms with E-state index in [4.69, 9.17) is 0 Å². The summed E-state index contributed by atoms with van der Waals surface area (Å²) in [6.07, 6.45) is 4.73. The number of rotatable bonds is 3. The summed E-state index contributed by atoms with van der Waals surface area (Å²) >= 11 is 3.89. The predicted molar refractivity (Wildman–Crippen MR) is 72.2 cm³/mol. The fourth-order valence-corrected chi connectivity index (χ4v) is 3.49. The molecule has 0 amide bonds. The van der Waals surface area contributed by atoms with Crippen molar-refractivity contribution in [3.63, 3.8) is 0 Å². The molecule has 0 spiro atoms. The van der Waals surface area contributed by atoms with Gasteiger partial charge in [0.15, 0.2) is 0 Å². The van der Waals surface area contributed by atoms with Crippen molar-refractivity contribution in [2.75, 3.05) is 23.1 Å². The van der Waals surface area contributed by atoms with Crippen LogP contribution in [0, 0.1) is 0 Å². The van der Waals surface area contributed by atoms with Gasteiger partial charge in [-0.05, 0) is 42.7 Å². The second kappa shape index (κ2) is 5.71. The molecule has 2 rings (SSSR count). The third-order valence-electron chi connectivity index (χ3n) is 2.69. The smallest absolute Gasteiger partial charge is 0.0480 e. The van der Waals surface area contributed by atoms with Crippen LogP contribution in [-0.2, 0) is 0 Å². The van der Waals surface area contributed by atoms with Crippen molar-refractivity contribution in [1.82, 2.24) is 0 Å². The average molecular weight is 239 g/mol. The SMILES string of the molecule is CSc1ccccc1NC1CCSCC1. The van der Waals surface area contributed by atoms with Crippen molar-refractivity contribution in [3.8, 4) is 0 Å². The van der Waals surface area contributed by atoms with Crippen molar-refractivity contribution >= 4 is 29.2 Å². The second-order valence-corrected chi connectivity index (χ2v) is 5.80. The van der Waals surface area contributed by atoms with Gasteiger partial charge >= 0.3 is 0 Å². The van der Waals surface area contributed by atoms with E-state index in [0.29, 0.717) is 6.04 Å². The third-order valence-corrected chi connectivity index (χ3v) is 4.53. The molecule has 3 heteroatoms. The molecule has 0 saturated carbocycles. The number of benzene rings is 1. The van der Waals surface area contributed by atoms with Gasteiger partial charge in [0, 0.05) is 16.6 Å². The normalized spacial score (nSPS) is 17.7. The topological polar surface area (TPSA) is 12.0 Å². The third kappa shape index (κ3) is 3.08. The number of para-hydroxylation sites is 1. The number of hydrogen-bond acceptors (Lipinski definition) is 3. The van der Waals surface area contributed by atoms with Gasteiger partial charge in [-0.2, -0.15) is 11.8 Å². The van der Waals surface area contributed by atoms with Crippen molar-refractivity contribution in [1.29, 1.82) is 0 Å². The Bertz CT molecular complexity index is 308. The van der Waals surface area contributed by atoms with Gasteiger partial charge in [-0.3, -0.25) is 0 Å². The van der Waals surface area contributed by atoms with Gasteiger partial charge in [-0.15, -0.1) is 11.8 Å². The van der Waals surface area contributed by atoms with Gasteiger partial charge in [0.25, 0.3) is 0 Å². The Hall–Kier alpha value is -0.280. The van der Waals surface area contributed by atoms with Crippen LogP contribution in [-0.4, -0.2) is 23.8 Å². The zero-order valence-electron chi connectivity index (χ0n) is 9.03. The Morgan fingerprint density at radius 2 is 2.00 bits per heavy atom. The van der Waals surface area contributed by atoms with Crippen LogP contribution in [0.3, 0.4) is 0 Å². The first-order valence-corrected chi connectivity index (χ1v) is 7.75. The summed E-state index contributed by atoms with van der Waals surface area (Å²) in [6, 6.07) is 9.27. The minimum Gasteiger partial charge on any atom is -0.381 e. The molecule has 1 aliphatic heterocycles. The predicted octanol–water partition coefficient (Wildman–Crippen LogP) is 3.72. The number of anilines is 1. The van der Waals surface area contributed by atoms with Crippen LogP contribution in [0.4, 0.5) is 5.69 Å². The summed E-state index contributed by atoms with van der Waals surface area (Å²) in [5.41, 5.74) is 1.31. The number of thioether (sulfide) groups is 2. The van der Waals surface area contributed by atoms with E-state index >= 15 is 0 Å². The molecular weight excluding hydrogens is 222 g/mol. The first kappa shape index (κ1) is 11.2. The van der Waals surface area contributed by atoms with Crippen molar-refractivity contribution in [3.05, 3.63) is 24.3 Å². The fraction of sp³-hybridized carbons (Fsp3) is 0.500. The van der Waals surface area contributed by atoms with Crippen LogP contribution in [0.5, 0.6) is 0 Å². The van der Waals surface area contributed by atoms with Crippen molar-refractivity contribution in [2.45, 2.75) is 23.8 Å². The van der Waals surface area contributed by atoms with Gasteiger partial charge in [-0.1, -0.05) is 12.1 Å². The molecule has 1 aromatic rings. The highest BCUT2D eigenvalue weighted by atomic mass is 32.2. The standard InChI is InChI=1S/C12H17NS2/c1-14-12-5-3-2-4-11(12)13-10-6-8-15-9-7-10/h2-5,10,13H,6-9H2,1H3. The lowest BCUT2D eigenvalue weighted by Crippen LogP contribution is -2.24. The maximum absolute atomic E-state index is 3.67. The highest BCUT2D eigenvalue weighted by molar-refractivity contribution is 7.99. The summed E-state index contributed by atoms with van der Waals surface area (Å²) in [5.74, 6) is 2.61. The van der Waals surface area contributed by atoms with Crippen LogP contribution in [0.25, 0.3) is 0 Å². The largest absolute Gasteiger partial charge is 0.381 e. The zero-order valence-corrected chi connectivity index (χ0v) is 10.7. The summed E-state index contributed by atoms with van der Waals surface area (Å²) in [7, 11) is 0. The molecule has 0 unspecified atom stereocenters. The summed E-state index contributed by atoms with van der Waals surface area (Å²) < 4.78 is 0. The fourth-order valence-electron chi connectivity index (χ4n) is 1.83. The van der Waals surface area contributed by atoms with Gasteiger partial charge in [0.1, 0.15) is 0 Å². The van der Waals surface area contributed by atoms with Gasteiger partial charge in [0.2, 0.25) is 0 Å². The Morgan fingerprint density at radius 3 is 2.73 bits per heavy atom. The zero-order chi connectivity index (χ0) is 10.5. The molecule has 0 radical (unpaired) electrons. The minimum atomic E-state index is 0.680. The summed E-state index contributed by atoms with van der Waals surface area (Å²) in [5, 5.41) is 3.67. The Labute approximate surface area is 100 Å². The molecule has 1 N–H and O–H groups in total. The summed E-state index contributed by atoms with van der Waals surface area (Å²) in [6.45, 7) is 0. The first-order valence-electron chi connectivity index (χ1n) is 5.37. The van der Waals surface area contributed by atoms with Gasteiger partial charge in [0.05, 0.1) is 0 Å². The van der Waals surface area contributed by atoms with Crippen LogP contribution in [0.15, 0.2) is 29.2 Å². The van der Waals surface area contributed by atoms with Crippen LogP contribution in [0.2, 0.25) is 0 Å². The number of hydrogen-bond donors (Lipinski definition) is 1. The van der Waals surface area contributed by atoms with E-state index in [0.717, 1.165) is 0 Å². The van der Waals surface area contributed by atoms with E-state index in [1.807, 2.05) is 11.8 Å². The van der Waals surface area contributed by atoms with Crippen LogP contribution < -0.4 is 5.32 Å². The highest BCUT2D eigenvalue weighted by Crippen LogP contribution is 2.27. The molecule has 0 aliphatic carbocycles. The molecule has 0 aromatic heterocycles. The second-order valence-electron chi connectivity index (χ2n) is 3.73. The molecule has 1 heterocycles. The molecular formula is C12H17NS2. The Morgan fingerprint density at radius 1 is 1.27 bits per heavy atom. The van der Waals surface area contributed by atoms with E-state index < -0.39 is 0 Å². The van der Waals surface area contributed by atoms with E-state index in [9.17, 15) is 0 Å². The molecule has 0 atom stereocenters. The Kier molecular flexibility index (Phi) is 4.27. The van der Waals surface area contributed by atoms with Gasteiger partial charge in [-0.25, -0.2) is 0 Å². The lowest BCUT2D eigenvalue weighted by Gasteiger charge is -2.24. The van der Waals surface area contributed by atoms with E-state index in [1.165, 1.54) is 34.9 Å². The molecule has 1 aliphatic rings. The maximum Gasteiger partial charge on any atom is 0.0480 e.